The van der Waals surface area contributed by atoms with Gasteiger partial charge in [-0.2, -0.15) is 0 Å². The average molecular weight is 218 g/mol. The first-order chi connectivity index (χ1) is 7.29. The number of methoxy groups -OCH3 is 1. The van der Waals surface area contributed by atoms with Crippen molar-refractivity contribution < 1.29 is 4.74 Å². The molecule has 0 fully saturated rings. The van der Waals surface area contributed by atoms with Crippen molar-refractivity contribution in [2.45, 2.75) is 0 Å². The second kappa shape index (κ2) is 4.37. The van der Waals surface area contributed by atoms with E-state index < -0.39 is 0 Å². The highest BCUT2D eigenvalue weighted by atomic mass is 35.5. The minimum Gasteiger partial charge on any atom is -0.497 e. The molecule has 2 heteroatoms. The molecule has 75 valence electrons. The van der Waals surface area contributed by atoms with E-state index in [1.807, 2.05) is 36.4 Å². The summed E-state index contributed by atoms with van der Waals surface area (Å²) in [4.78, 5) is 0. The first-order valence-electron chi connectivity index (χ1n) is 4.60. The van der Waals surface area contributed by atoms with Crippen LogP contribution in [-0.2, 0) is 0 Å². The molecule has 0 aliphatic carbocycles. The number of hydrogen-bond acceptors (Lipinski definition) is 1. The lowest BCUT2D eigenvalue weighted by molar-refractivity contribution is 0.415. The van der Waals surface area contributed by atoms with E-state index in [-0.39, 0.29) is 0 Å². The monoisotopic (exact) mass is 217 g/mol. The maximum atomic E-state index is 5.83. The highest BCUT2D eigenvalue weighted by Gasteiger charge is 1.99. The van der Waals surface area contributed by atoms with Crippen LogP contribution in [0.1, 0.15) is 0 Å². The molecule has 0 unspecified atom stereocenters. The Hall–Kier alpha value is -1.47. The maximum absolute atomic E-state index is 5.83. The predicted molar refractivity (Wildman–Crippen MR) is 62.3 cm³/mol. The van der Waals surface area contributed by atoms with Gasteiger partial charge < -0.3 is 4.74 Å². The molecule has 1 radical (unpaired) electrons. The highest BCUT2D eigenvalue weighted by molar-refractivity contribution is 6.30. The fraction of sp³-hybridized carbons (Fsp3) is 0.0769. The minimum absolute atomic E-state index is 0.741. The molecule has 0 saturated heterocycles. The summed E-state index contributed by atoms with van der Waals surface area (Å²) in [7, 11) is 1.65. The third kappa shape index (κ3) is 2.31. The van der Waals surface area contributed by atoms with Crippen LogP contribution in [0.15, 0.2) is 42.5 Å². The van der Waals surface area contributed by atoms with Crippen LogP contribution in [0.25, 0.3) is 11.1 Å². The summed E-state index contributed by atoms with van der Waals surface area (Å²) in [5, 5.41) is 0.741. The number of ether oxygens (including phenoxy) is 1. The summed E-state index contributed by atoms with van der Waals surface area (Å²) in [6.07, 6.45) is 0. The van der Waals surface area contributed by atoms with E-state index in [1.54, 1.807) is 13.2 Å². The Morgan fingerprint density at radius 1 is 1.07 bits per heavy atom. The Labute approximate surface area is 94.3 Å². The summed E-state index contributed by atoms with van der Waals surface area (Å²) in [6.45, 7) is 0. The molecule has 0 spiro atoms. The first kappa shape index (κ1) is 10.1. The molecule has 0 heterocycles. The quantitative estimate of drug-likeness (QED) is 0.743. The third-order valence-electron chi connectivity index (χ3n) is 2.18. The zero-order chi connectivity index (χ0) is 10.7. The highest BCUT2D eigenvalue weighted by Crippen LogP contribution is 2.24. The third-order valence-corrected chi connectivity index (χ3v) is 2.43. The zero-order valence-corrected chi connectivity index (χ0v) is 9.08. The van der Waals surface area contributed by atoms with Gasteiger partial charge >= 0.3 is 0 Å². The summed E-state index contributed by atoms with van der Waals surface area (Å²) in [6, 6.07) is 16.4. The van der Waals surface area contributed by atoms with Gasteiger partial charge in [0.25, 0.3) is 0 Å². The van der Waals surface area contributed by atoms with Crippen LogP contribution < -0.4 is 4.74 Å². The number of hydrogen-bond donors (Lipinski definition) is 0. The van der Waals surface area contributed by atoms with Crippen molar-refractivity contribution >= 4 is 11.6 Å². The van der Waals surface area contributed by atoms with E-state index >= 15 is 0 Å². The molecule has 2 aromatic rings. The Morgan fingerprint density at radius 2 is 1.80 bits per heavy atom. The number of benzene rings is 2. The largest absolute Gasteiger partial charge is 0.497 e. The molecule has 0 amide bonds. The van der Waals surface area contributed by atoms with Gasteiger partial charge in [-0.15, -0.1) is 0 Å². The van der Waals surface area contributed by atoms with Gasteiger partial charge in [-0.25, -0.2) is 0 Å². The molecule has 0 saturated carbocycles. The van der Waals surface area contributed by atoms with Crippen molar-refractivity contribution in [2.75, 3.05) is 7.11 Å². The van der Waals surface area contributed by atoms with Crippen molar-refractivity contribution in [3.8, 4) is 16.9 Å². The standard InChI is InChI=1S/C13H10ClO/c1-15-13-4-2-3-11(9-13)10-5-7-12(14)8-6-10/h3-9H,1H3. The summed E-state index contributed by atoms with van der Waals surface area (Å²) >= 11 is 5.83. The molecule has 0 bridgehead atoms. The molecule has 0 atom stereocenters. The Kier molecular flexibility index (Phi) is 2.93. The predicted octanol–water partition coefficient (Wildman–Crippen LogP) is 3.82. The Bertz CT molecular complexity index is 448. The van der Waals surface area contributed by atoms with Gasteiger partial charge in [-0.3, -0.25) is 0 Å². The normalized spacial score (nSPS) is 10.0. The maximum Gasteiger partial charge on any atom is 0.120 e. The van der Waals surface area contributed by atoms with Crippen LogP contribution in [0, 0.1) is 6.07 Å². The van der Waals surface area contributed by atoms with Gasteiger partial charge in [0.2, 0.25) is 0 Å². The topological polar surface area (TPSA) is 9.23 Å². The van der Waals surface area contributed by atoms with Crippen LogP contribution in [-0.4, -0.2) is 7.11 Å². The van der Waals surface area contributed by atoms with E-state index in [9.17, 15) is 0 Å². The molecule has 0 aliphatic heterocycles. The Balaban J connectivity index is 2.40. The first-order valence-corrected chi connectivity index (χ1v) is 4.98. The van der Waals surface area contributed by atoms with Crippen LogP contribution in [0.4, 0.5) is 0 Å². The summed E-state index contributed by atoms with van der Waals surface area (Å²) in [5.74, 6) is 0.808. The molecule has 2 aromatic carbocycles. The van der Waals surface area contributed by atoms with Gasteiger partial charge in [0, 0.05) is 5.02 Å². The smallest absolute Gasteiger partial charge is 0.120 e. The molecule has 2 rings (SSSR count). The van der Waals surface area contributed by atoms with Crippen molar-refractivity contribution in [3.05, 3.63) is 53.6 Å². The van der Waals surface area contributed by atoms with Crippen LogP contribution >= 0.6 is 11.6 Å². The van der Waals surface area contributed by atoms with E-state index in [1.165, 1.54) is 0 Å². The van der Waals surface area contributed by atoms with Crippen molar-refractivity contribution in [1.82, 2.24) is 0 Å². The van der Waals surface area contributed by atoms with Gasteiger partial charge in [0.1, 0.15) is 5.75 Å². The SMILES string of the molecule is COc1c[c]cc(-c2ccc(Cl)cc2)c1. The number of halogens is 1. The van der Waals surface area contributed by atoms with Crippen LogP contribution in [0.5, 0.6) is 5.75 Å². The van der Waals surface area contributed by atoms with Gasteiger partial charge in [-0.1, -0.05) is 23.7 Å². The summed E-state index contributed by atoms with van der Waals surface area (Å²) in [5.41, 5.74) is 2.18. The molecule has 1 nitrogen and oxygen atoms in total. The summed E-state index contributed by atoms with van der Waals surface area (Å²) < 4.78 is 5.14. The lowest BCUT2D eigenvalue weighted by Crippen LogP contribution is -1.83. The van der Waals surface area contributed by atoms with Gasteiger partial charge in [0.05, 0.1) is 7.11 Å². The van der Waals surface area contributed by atoms with Gasteiger partial charge in [0.15, 0.2) is 0 Å². The van der Waals surface area contributed by atoms with E-state index in [0.29, 0.717) is 0 Å². The van der Waals surface area contributed by atoms with Crippen molar-refractivity contribution in [2.24, 2.45) is 0 Å². The van der Waals surface area contributed by atoms with E-state index in [4.69, 9.17) is 16.3 Å². The van der Waals surface area contributed by atoms with Crippen molar-refractivity contribution in [1.29, 1.82) is 0 Å². The molecular weight excluding hydrogens is 208 g/mol. The van der Waals surface area contributed by atoms with Gasteiger partial charge in [-0.05, 0) is 47.5 Å². The lowest BCUT2D eigenvalue weighted by atomic mass is 10.1. The fourth-order valence-corrected chi connectivity index (χ4v) is 1.50. The average Bonchev–Trinajstić information content (AvgIpc) is 2.30. The molecule has 0 aliphatic rings. The lowest BCUT2D eigenvalue weighted by Gasteiger charge is -2.04. The van der Waals surface area contributed by atoms with E-state index in [0.717, 1.165) is 21.9 Å². The number of rotatable bonds is 2. The van der Waals surface area contributed by atoms with Crippen LogP contribution in [0.3, 0.4) is 0 Å². The van der Waals surface area contributed by atoms with Crippen LogP contribution in [0.2, 0.25) is 5.02 Å². The molecule has 0 aromatic heterocycles. The Morgan fingerprint density at radius 3 is 2.47 bits per heavy atom. The second-order valence-electron chi connectivity index (χ2n) is 3.17. The zero-order valence-electron chi connectivity index (χ0n) is 8.33. The minimum atomic E-state index is 0.741. The second-order valence-corrected chi connectivity index (χ2v) is 3.60. The molecule has 15 heavy (non-hydrogen) atoms. The molecular formula is C13H10ClO. The van der Waals surface area contributed by atoms with Crippen molar-refractivity contribution in [3.63, 3.8) is 0 Å². The fourth-order valence-electron chi connectivity index (χ4n) is 1.38. The van der Waals surface area contributed by atoms with E-state index in [2.05, 4.69) is 6.07 Å². The molecule has 0 N–H and O–H groups in total.